The quantitative estimate of drug-likeness (QED) is 0.520. The van der Waals surface area contributed by atoms with Crippen LogP contribution >= 0.6 is 0 Å². The van der Waals surface area contributed by atoms with Gasteiger partial charge in [-0.15, -0.1) is 0 Å². The fourth-order valence-electron chi connectivity index (χ4n) is 0.779. The first kappa shape index (κ1) is 9.92. The highest BCUT2D eigenvalue weighted by atomic mass is 14.8. The predicted octanol–water partition coefficient (Wildman–Crippen LogP) is 0.929. The summed E-state index contributed by atoms with van der Waals surface area (Å²) in [6, 6.07) is 0. The molecule has 0 aliphatic rings. The van der Waals surface area contributed by atoms with Gasteiger partial charge in [0, 0.05) is 0 Å². The van der Waals surface area contributed by atoms with E-state index in [4.69, 9.17) is 5.73 Å². The maximum absolute atomic E-state index is 5.32. The fourth-order valence-corrected chi connectivity index (χ4v) is 0.779. The summed E-state index contributed by atoms with van der Waals surface area (Å²) >= 11 is 0. The number of nitrogens with one attached hydrogen (secondary N) is 1. The second-order valence-electron chi connectivity index (χ2n) is 2.45. The van der Waals surface area contributed by atoms with Crippen molar-refractivity contribution in [1.29, 1.82) is 0 Å². The molecule has 2 heteroatoms. The van der Waals surface area contributed by atoms with Gasteiger partial charge in [0.2, 0.25) is 0 Å². The maximum Gasteiger partial charge on any atom is -0.00369 e. The standard InChI is InChI=1S/C8H19N2/c1-2-3-4-7-10-8-5-6-9/h10H,1-9H2. The molecule has 0 saturated heterocycles. The van der Waals surface area contributed by atoms with Crippen LogP contribution in [0.4, 0.5) is 0 Å². The lowest BCUT2D eigenvalue weighted by atomic mass is 10.2. The van der Waals surface area contributed by atoms with Crippen molar-refractivity contribution < 1.29 is 0 Å². The maximum atomic E-state index is 5.32. The first-order chi connectivity index (χ1) is 4.91. The number of hydrogen-bond donors (Lipinski definition) is 2. The van der Waals surface area contributed by atoms with Crippen LogP contribution in [0.25, 0.3) is 0 Å². The topological polar surface area (TPSA) is 38.0 Å². The molecule has 0 unspecified atom stereocenters. The Morgan fingerprint density at radius 2 is 1.80 bits per heavy atom. The smallest absolute Gasteiger partial charge is 0.00369 e. The molecule has 0 rings (SSSR count). The average molecular weight is 143 g/mol. The zero-order valence-corrected chi connectivity index (χ0v) is 6.73. The highest BCUT2D eigenvalue weighted by molar-refractivity contribution is 4.49. The lowest BCUT2D eigenvalue weighted by molar-refractivity contribution is 0.610. The number of rotatable bonds is 7. The van der Waals surface area contributed by atoms with Crippen molar-refractivity contribution in [2.75, 3.05) is 19.6 Å². The van der Waals surface area contributed by atoms with Crippen LogP contribution in [-0.2, 0) is 0 Å². The first-order valence-corrected chi connectivity index (χ1v) is 4.12. The molecule has 61 valence electrons. The Balaban J connectivity index is 2.65. The minimum atomic E-state index is 0.794. The van der Waals surface area contributed by atoms with Crippen LogP contribution in [0.2, 0.25) is 0 Å². The minimum absolute atomic E-state index is 0.794. The van der Waals surface area contributed by atoms with Crippen molar-refractivity contribution in [2.24, 2.45) is 5.73 Å². The molecule has 0 atom stereocenters. The van der Waals surface area contributed by atoms with Gasteiger partial charge < -0.3 is 11.1 Å². The third kappa shape index (κ3) is 7.92. The number of hydrogen-bond acceptors (Lipinski definition) is 2. The van der Waals surface area contributed by atoms with E-state index < -0.39 is 0 Å². The molecule has 0 saturated carbocycles. The van der Waals surface area contributed by atoms with Crippen molar-refractivity contribution in [3.8, 4) is 0 Å². The Kier molecular flexibility index (Phi) is 8.85. The van der Waals surface area contributed by atoms with E-state index in [9.17, 15) is 0 Å². The Labute approximate surface area is 64.2 Å². The van der Waals surface area contributed by atoms with E-state index in [0.29, 0.717) is 0 Å². The van der Waals surface area contributed by atoms with Crippen LogP contribution in [0.3, 0.4) is 0 Å². The summed E-state index contributed by atoms with van der Waals surface area (Å²) in [4.78, 5) is 0. The normalized spacial score (nSPS) is 10.2. The molecule has 0 aliphatic heterocycles. The van der Waals surface area contributed by atoms with E-state index in [1.54, 1.807) is 0 Å². The summed E-state index contributed by atoms with van der Waals surface area (Å²) < 4.78 is 0. The molecule has 0 heterocycles. The fraction of sp³-hybridized carbons (Fsp3) is 0.875. The molecule has 0 aromatic rings. The first-order valence-electron chi connectivity index (χ1n) is 4.12. The Morgan fingerprint density at radius 1 is 1.10 bits per heavy atom. The summed E-state index contributed by atoms with van der Waals surface area (Å²) in [5, 5.41) is 3.31. The van der Waals surface area contributed by atoms with Gasteiger partial charge in [-0.3, -0.25) is 0 Å². The predicted molar refractivity (Wildman–Crippen MR) is 45.7 cm³/mol. The molecular formula is C8H19N2. The molecule has 0 bridgehead atoms. The lowest BCUT2D eigenvalue weighted by Gasteiger charge is -2.01. The molecule has 0 spiro atoms. The van der Waals surface area contributed by atoms with Gasteiger partial charge in [0.1, 0.15) is 0 Å². The van der Waals surface area contributed by atoms with E-state index in [1.807, 2.05) is 0 Å². The highest BCUT2D eigenvalue weighted by Gasteiger charge is 1.85. The summed E-state index contributed by atoms with van der Waals surface area (Å²) in [5.41, 5.74) is 5.32. The Morgan fingerprint density at radius 3 is 2.40 bits per heavy atom. The zero-order valence-electron chi connectivity index (χ0n) is 6.73. The molecule has 0 fully saturated rings. The molecular weight excluding hydrogens is 124 g/mol. The van der Waals surface area contributed by atoms with E-state index in [2.05, 4.69) is 12.2 Å². The molecule has 0 amide bonds. The second-order valence-corrected chi connectivity index (χ2v) is 2.45. The van der Waals surface area contributed by atoms with E-state index in [-0.39, 0.29) is 0 Å². The third-order valence-electron chi connectivity index (χ3n) is 1.41. The average Bonchev–Trinajstić information content (AvgIpc) is 1.97. The van der Waals surface area contributed by atoms with Crippen LogP contribution in [0.5, 0.6) is 0 Å². The van der Waals surface area contributed by atoms with Crippen molar-refractivity contribution >= 4 is 0 Å². The van der Waals surface area contributed by atoms with Gasteiger partial charge in [-0.2, -0.15) is 0 Å². The second kappa shape index (κ2) is 8.92. The monoisotopic (exact) mass is 143 g/mol. The van der Waals surface area contributed by atoms with Gasteiger partial charge in [0.25, 0.3) is 0 Å². The molecule has 3 N–H and O–H groups in total. The molecule has 2 nitrogen and oxygen atoms in total. The van der Waals surface area contributed by atoms with Gasteiger partial charge in [0.05, 0.1) is 0 Å². The molecule has 1 radical (unpaired) electrons. The van der Waals surface area contributed by atoms with E-state index in [1.165, 1.54) is 12.8 Å². The van der Waals surface area contributed by atoms with Gasteiger partial charge >= 0.3 is 0 Å². The van der Waals surface area contributed by atoms with Gasteiger partial charge in [-0.05, 0) is 32.5 Å². The van der Waals surface area contributed by atoms with Crippen LogP contribution in [0.15, 0.2) is 0 Å². The van der Waals surface area contributed by atoms with Crippen molar-refractivity contribution in [3.63, 3.8) is 0 Å². The number of unbranched alkanes of at least 4 members (excludes halogenated alkanes) is 2. The largest absolute Gasteiger partial charge is 0.330 e. The zero-order chi connectivity index (χ0) is 7.66. The summed E-state index contributed by atoms with van der Waals surface area (Å²) in [6.45, 7) is 6.75. The SMILES string of the molecule is [CH2]CCCCNCCCN. The van der Waals surface area contributed by atoms with E-state index >= 15 is 0 Å². The molecule has 10 heavy (non-hydrogen) atoms. The van der Waals surface area contributed by atoms with Crippen LogP contribution in [-0.4, -0.2) is 19.6 Å². The van der Waals surface area contributed by atoms with Gasteiger partial charge in [-0.1, -0.05) is 19.8 Å². The third-order valence-corrected chi connectivity index (χ3v) is 1.41. The summed E-state index contributed by atoms with van der Waals surface area (Å²) in [6.07, 6.45) is 4.62. The van der Waals surface area contributed by atoms with Crippen molar-refractivity contribution in [3.05, 3.63) is 6.92 Å². The number of nitrogens with two attached hydrogens (primary N) is 1. The van der Waals surface area contributed by atoms with E-state index in [0.717, 1.165) is 32.5 Å². The minimum Gasteiger partial charge on any atom is -0.330 e. The van der Waals surface area contributed by atoms with Crippen LogP contribution < -0.4 is 11.1 Å². The van der Waals surface area contributed by atoms with Crippen molar-refractivity contribution in [1.82, 2.24) is 5.32 Å². The Hall–Kier alpha value is -0.0800. The molecule has 0 aromatic carbocycles. The summed E-state index contributed by atoms with van der Waals surface area (Å²) in [7, 11) is 0. The van der Waals surface area contributed by atoms with Crippen LogP contribution in [0, 0.1) is 6.92 Å². The van der Waals surface area contributed by atoms with Crippen molar-refractivity contribution in [2.45, 2.75) is 25.7 Å². The molecule has 0 aromatic heterocycles. The lowest BCUT2D eigenvalue weighted by Crippen LogP contribution is -2.19. The molecule has 0 aliphatic carbocycles. The van der Waals surface area contributed by atoms with Crippen LogP contribution in [0.1, 0.15) is 25.7 Å². The Bertz CT molecular complexity index is 47.2. The van der Waals surface area contributed by atoms with Gasteiger partial charge in [-0.25, -0.2) is 0 Å². The summed E-state index contributed by atoms with van der Waals surface area (Å²) in [5.74, 6) is 0. The van der Waals surface area contributed by atoms with Gasteiger partial charge in [0.15, 0.2) is 0 Å². The highest BCUT2D eigenvalue weighted by Crippen LogP contribution is 1.90.